The Morgan fingerprint density at radius 2 is 2.00 bits per heavy atom. The maximum absolute atomic E-state index is 11.7. The summed E-state index contributed by atoms with van der Waals surface area (Å²) < 4.78 is 0. The van der Waals surface area contributed by atoms with Crippen molar-refractivity contribution in [2.75, 3.05) is 0 Å². The number of ketones is 1. The quantitative estimate of drug-likeness (QED) is 0.731. The standard InChI is InChI=1S/C15H18O/c1-10(2)13-8-12-6-4-5-7-14(12)15(9-13)11(3)16/h4-8,10,15H,9H2,1-3H3. The van der Waals surface area contributed by atoms with Gasteiger partial charge in [-0.3, -0.25) is 4.79 Å². The lowest BCUT2D eigenvalue weighted by Gasteiger charge is -2.25. The maximum atomic E-state index is 11.7. The van der Waals surface area contributed by atoms with Crippen LogP contribution in [0.1, 0.15) is 44.2 Å². The van der Waals surface area contributed by atoms with Crippen LogP contribution in [0.2, 0.25) is 0 Å². The summed E-state index contributed by atoms with van der Waals surface area (Å²) in [6, 6.07) is 8.24. The van der Waals surface area contributed by atoms with Crippen LogP contribution in [-0.2, 0) is 4.79 Å². The van der Waals surface area contributed by atoms with E-state index in [0.29, 0.717) is 5.92 Å². The summed E-state index contributed by atoms with van der Waals surface area (Å²) in [7, 11) is 0. The molecule has 0 aromatic heterocycles. The Morgan fingerprint density at radius 1 is 1.31 bits per heavy atom. The van der Waals surface area contributed by atoms with E-state index in [1.807, 2.05) is 12.1 Å². The van der Waals surface area contributed by atoms with Crippen molar-refractivity contribution in [3.8, 4) is 0 Å². The number of hydrogen-bond donors (Lipinski definition) is 0. The first-order valence-corrected chi connectivity index (χ1v) is 5.89. The first-order valence-electron chi connectivity index (χ1n) is 5.89. The van der Waals surface area contributed by atoms with Gasteiger partial charge in [0, 0.05) is 5.92 Å². The fourth-order valence-corrected chi connectivity index (χ4v) is 2.33. The molecule has 1 aromatic carbocycles. The van der Waals surface area contributed by atoms with Crippen LogP contribution in [-0.4, -0.2) is 5.78 Å². The summed E-state index contributed by atoms with van der Waals surface area (Å²) in [5.74, 6) is 0.868. The second kappa shape index (κ2) is 4.25. The molecule has 0 spiro atoms. The van der Waals surface area contributed by atoms with Gasteiger partial charge >= 0.3 is 0 Å². The fraction of sp³-hybridized carbons (Fsp3) is 0.400. The molecule has 84 valence electrons. The minimum Gasteiger partial charge on any atom is -0.299 e. The molecule has 2 rings (SSSR count). The number of carbonyl (C=O) groups is 1. The zero-order chi connectivity index (χ0) is 11.7. The van der Waals surface area contributed by atoms with E-state index in [4.69, 9.17) is 0 Å². The normalized spacial score (nSPS) is 19.2. The topological polar surface area (TPSA) is 17.1 Å². The molecular formula is C15H18O. The van der Waals surface area contributed by atoms with E-state index < -0.39 is 0 Å². The number of fused-ring (bicyclic) bond motifs is 1. The second-order valence-electron chi connectivity index (χ2n) is 4.87. The molecule has 0 aliphatic heterocycles. The lowest BCUT2D eigenvalue weighted by molar-refractivity contribution is -0.118. The Bertz CT molecular complexity index is 441. The molecule has 0 N–H and O–H groups in total. The van der Waals surface area contributed by atoms with Crippen molar-refractivity contribution in [1.29, 1.82) is 0 Å². The van der Waals surface area contributed by atoms with Gasteiger partial charge in [-0.15, -0.1) is 0 Å². The number of allylic oxidation sites excluding steroid dienone is 1. The SMILES string of the molecule is CC(=O)C1CC(C(C)C)=Cc2ccccc21. The fourth-order valence-electron chi connectivity index (χ4n) is 2.33. The first kappa shape index (κ1) is 11.1. The third kappa shape index (κ3) is 1.95. The highest BCUT2D eigenvalue weighted by molar-refractivity contribution is 5.86. The molecule has 0 radical (unpaired) electrons. The highest BCUT2D eigenvalue weighted by Crippen LogP contribution is 2.36. The van der Waals surface area contributed by atoms with Crippen molar-refractivity contribution in [3.63, 3.8) is 0 Å². The molecule has 1 heteroatoms. The van der Waals surface area contributed by atoms with Gasteiger partial charge < -0.3 is 0 Å². The van der Waals surface area contributed by atoms with E-state index in [-0.39, 0.29) is 11.7 Å². The van der Waals surface area contributed by atoms with Gasteiger partial charge in [0.15, 0.2) is 0 Å². The van der Waals surface area contributed by atoms with E-state index in [2.05, 4.69) is 32.1 Å². The summed E-state index contributed by atoms with van der Waals surface area (Å²) in [6.45, 7) is 6.08. The molecule has 1 aromatic rings. The predicted molar refractivity (Wildman–Crippen MR) is 67.3 cm³/mol. The lowest BCUT2D eigenvalue weighted by Crippen LogP contribution is -2.16. The van der Waals surface area contributed by atoms with Crippen molar-refractivity contribution >= 4 is 11.9 Å². The van der Waals surface area contributed by atoms with Gasteiger partial charge in [0.2, 0.25) is 0 Å². The Kier molecular flexibility index (Phi) is 2.95. The number of rotatable bonds is 2. The maximum Gasteiger partial charge on any atom is 0.137 e. The molecule has 1 nitrogen and oxygen atoms in total. The van der Waals surface area contributed by atoms with Crippen molar-refractivity contribution in [2.45, 2.75) is 33.1 Å². The summed E-state index contributed by atoms with van der Waals surface area (Å²) >= 11 is 0. The van der Waals surface area contributed by atoms with Crippen molar-refractivity contribution in [1.82, 2.24) is 0 Å². The molecule has 1 unspecified atom stereocenters. The van der Waals surface area contributed by atoms with E-state index in [9.17, 15) is 4.79 Å². The van der Waals surface area contributed by atoms with Crippen LogP contribution < -0.4 is 0 Å². The Morgan fingerprint density at radius 3 is 2.62 bits per heavy atom. The van der Waals surface area contributed by atoms with Gasteiger partial charge in [0.25, 0.3) is 0 Å². The monoisotopic (exact) mass is 214 g/mol. The van der Waals surface area contributed by atoms with Gasteiger partial charge in [0.05, 0.1) is 0 Å². The smallest absolute Gasteiger partial charge is 0.137 e. The van der Waals surface area contributed by atoms with Crippen molar-refractivity contribution in [2.24, 2.45) is 5.92 Å². The average Bonchev–Trinajstić information content (AvgIpc) is 2.27. The third-order valence-electron chi connectivity index (χ3n) is 3.38. The Balaban J connectivity index is 2.49. The number of benzene rings is 1. The minimum absolute atomic E-state index is 0.0681. The molecular weight excluding hydrogens is 196 g/mol. The number of carbonyl (C=O) groups excluding carboxylic acids is 1. The Labute approximate surface area is 97.2 Å². The van der Waals surface area contributed by atoms with Gasteiger partial charge in [-0.25, -0.2) is 0 Å². The largest absolute Gasteiger partial charge is 0.299 e. The summed E-state index contributed by atoms with van der Waals surface area (Å²) in [5, 5.41) is 0. The van der Waals surface area contributed by atoms with Crippen LogP contribution in [0.4, 0.5) is 0 Å². The van der Waals surface area contributed by atoms with Gasteiger partial charge in [-0.1, -0.05) is 49.8 Å². The van der Waals surface area contributed by atoms with Crippen LogP contribution in [0, 0.1) is 5.92 Å². The molecule has 0 bridgehead atoms. The minimum atomic E-state index is 0.0681. The molecule has 0 saturated carbocycles. The zero-order valence-electron chi connectivity index (χ0n) is 10.2. The molecule has 0 fully saturated rings. The third-order valence-corrected chi connectivity index (χ3v) is 3.38. The van der Waals surface area contributed by atoms with Crippen LogP contribution in [0.15, 0.2) is 29.8 Å². The van der Waals surface area contributed by atoms with E-state index in [1.165, 1.54) is 16.7 Å². The molecule has 16 heavy (non-hydrogen) atoms. The van der Waals surface area contributed by atoms with Crippen molar-refractivity contribution < 1.29 is 4.79 Å². The summed E-state index contributed by atoms with van der Waals surface area (Å²) in [4.78, 5) is 11.7. The van der Waals surface area contributed by atoms with Crippen molar-refractivity contribution in [3.05, 3.63) is 41.0 Å². The molecule has 0 amide bonds. The van der Waals surface area contributed by atoms with E-state index in [0.717, 1.165) is 6.42 Å². The second-order valence-corrected chi connectivity index (χ2v) is 4.87. The highest BCUT2D eigenvalue weighted by Gasteiger charge is 2.25. The van der Waals surface area contributed by atoms with Crippen LogP contribution in [0.5, 0.6) is 0 Å². The molecule has 1 atom stereocenters. The van der Waals surface area contributed by atoms with Crippen LogP contribution >= 0.6 is 0 Å². The summed E-state index contributed by atoms with van der Waals surface area (Å²) in [5.41, 5.74) is 3.80. The van der Waals surface area contributed by atoms with E-state index in [1.54, 1.807) is 6.92 Å². The predicted octanol–water partition coefficient (Wildman–Crippen LogP) is 3.80. The number of hydrogen-bond acceptors (Lipinski definition) is 1. The summed E-state index contributed by atoms with van der Waals surface area (Å²) in [6.07, 6.45) is 3.14. The molecule has 0 saturated heterocycles. The highest BCUT2D eigenvalue weighted by atomic mass is 16.1. The molecule has 1 aliphatic rings. The zero-order valence-corrected chi connectivity index (χ0v) is 10.2. The van der Waals surface area contributed by atoms with Crippen LogP contribution in [0.3, 0.4) is 0 Å². The molecule has 0 heterocycles. The van der Waals surface area contributed by atoms with Gasteiger partial charge in [0.1, 0.15) is 5.78 Å². The van der Waals surface area contributed by atoms with Crippen LogP contribution in [0.25, 0.3) is 6.08 Å². The number of Topliss-reactive ketones (excluding diaryl/α,β-unsaturated/α-hetero) is 1. The molecule has 1 aliphatic carbocycles. The first-order chi connectivity index (χ1) is 7.59. The Hall–Kier alpha value is -1.37. The van der Waals surface area contributed by atoms with Gasteiger partial charge in [-0.2, -0.15) is 0 Å². The lowest BCUT2D eigenvalue weighted by atomic mass is 9.78. The van der Waals surface area contributed by atoms with Gasteiger partial charge in [-0.05, 0) is 30.4 Å². The average molecular weight is 214 g/mol. The van der Waals surface area contributed by atoms with E-state index >= 15 is 0 Å².